The summed E-state index contributed by atoms with van der Waals surface area (Å²) in [5.41, 5.74) is -0.130. The topological polar surface area (TPSA) is 93.7 Å². The maximum Gasteiger partial charge on any atom is 0.352 e. The van der Waals surface area contributed by atoms with Crippen molar-refractivity contribution in [1.29, 1.82) is 0 Å². The molecule has 1 aliphatic heterocycles. The van der Waals surface area contributed by atoms with Crippen molar-refractivity contribution in [2.75, 3.05) is 27.2 Å². The molecule has 0 bridgehead atoms. The van der Waals surface area contributed by atoms with E-state index in [0.717, 1.165) is 25.5 Å². The van der Waals surface area contributed by atoms with Crippen LogP contribution in [0.4, 0.5) is 0 Å². The molecule has 1 aliphatic rings. The van der Waals surface area contributed by atoms with Crippen LogP contribution in [0.25, 0.3) is 0 Å². The molecule has 0 aromatic carbocycles. The maximum atomic E-state index is 12.4. The smallest absolute Gasteiger partial charge is 0.352 e. The van der Waals surface area contributed by atoms with E-state index in [-0.39, 0.29) is 16.6 Å². The van der Waals surface area contributed by atoms with Gasteiger partial charge < -0.3 is 15.0 Å². The van der Waals surface area contributed by atoms with Crippen molar-refractivity contribution < 1.29 is 18.3 Å². The van der Waals surface area contributed by atoms with Crippen molar-refractivity contribution in [2.45, 2.75) is 23.8 Å². The lowest BCUT2D eigenvalue weighted by Gasteiger charge is -2.25. The Morgan fingerprint density at radius 1 is 1.60 bits per heavy atom. The van der Waals surface area contributed by atoms with E-state index in [1.54, 1.807) is 0 Å². The van der Waals surface area contributed by atoms with Crippen LogP contribution < -0.4 is 0 Å². The predicted molar refractivity (Wildman–Crippen MR) is 73.2 cm³/mol. The highest BCUT2D eigenvalue weighted by Gasteiger charge is 2.29. The molecule has 2 rings (SSSR count). The molecule has 1 fully saturated rings. The molecule has 2 heterocycles. The number of H-pyrrole nitrogens is 1. The summed E-state index contributed by atoms with van der Waals surface area (Å²) in [7, 11) is -0.145. The van der Waals surface area contributed by atoms with E-state index in [0.29, 0.717) is 6.54 Å². The zero-order chi connectivity index (χ0) is 14.9. The number of aromatic carboxylic acids is 1. The number of hydrogen-bond donors (Lipinski definition) is 2. The van der Waals surface area contributed by atoms with Crippen LogP contribution >= 0.6 is 0 Å². The standard InChI is InChI=1S/C12H19N3O4S/c1-14-5-3-4-9(14)8-15(2)20(18,19)10-6-11(12(16)17)13-7-10/h6-7,9,13H,3-5,8H2,1-2H3,(H,16,17). The lowest BCUT2D eigenvalue weighted by atomic mass is 10.2. The maximum absolute atomic E-state index is 12.4. The summed E-state index contributed by atoms with van der Waals surface area (Å²) in [5.74, 6) is -1.18. The predicted octanol–water partition coefficient (Wildman–Crippen LogP) is 0.428. The van der Waals surface area contributed by atoms with Gasteiger partial charge in [0, 0.05) is 25.8 Å². The fraction of sp³-hybridized carbons (Fsp3) is 0.583. The molecule has 0 amide bonds. The Morgan fingerprint density at radius 3 is 2.80 bits per heavy atom. The quantitative estimate of drug-likeness (QED) is 0.822. The number of rotatable bonds is 5. The van der Waals surface area contributed by atoms with Gasteiger partial charge in [-0.05, 0) is 32.5 Å². The van der Waals surface area contributed by atoms with Crippen LogP contribution in [0.3, 0.4) is 0 Å². The monoisotopic (exact) mass is 301 g/mol. The second kappa shape index (κ2) is 5.55. The SMILES string of the molecule is CN1CCCC1CN(C)S(=O)(=O)c1c[nH]c(C(=O)O)c1. The summed E-state index contributed by atoms with van der Waals surface area (Å²) >= 11 is 0. The number of carboxylic acids is 1. The number of nitrogens with one attached hydrogen (secondary N) is 1. The average molecular weight is 301 g/mol. The summed E-state index contributed by atoms with van der Waals surface area (Å²) in [6, 6.07) is 1.36. The number of aromatic nitrogens is 1. The first kappa shape index (κ1) is 15.0. The van der Waals surface area contributed by atoms with E-state index in [1.807, 2.05) is 7.05 Å². The number of sulfonamides is 1. The van der Waals surface area contributed by atoms with Gasteiger partial charge in [-0.25, -0.2) is 13.2 Å². The van der Waals surface area contributed by atoms with Crippen molar-refractivity contribution >= 4 is 16.0 Å². The second-order valence-corrected chi connectivity index (χ2v) is 7.16. The highest BCUT2D eigenvalue weighted by atomic mass is 32.2. The van der Waals surface area contributed by atoms with Gasteiger partial charge in [-0.2, -0.15) is 4.31 Å². The summed E-state index contributed by atoms with van der Waals surface area (Å²) in [4.78, 5) is 15.4. The molecule has 2 N–H and O–H groups in total. The fourth-order valence-corrected chi connectivity index (χ4v) is 3.63. The Kier molecular flexibility index (Phi) is 4.17. The van der Waals surface area contributed by atoms with E-state index in [9.17, 15) is 13.2 Å². The molecule has 20 heavy (non-hydrogen) atoms. The molecule has 0 aliphatic carbocycles. The number of carboxylic acid groups (broad SMARTS) is 1. The van der Waals surface area contributed by atoms with Crippen LogP contribution in [0.5, 0.6) is 0 Å². The molecule has 0 radical (unpaired) electrons. The highest BCUT2D eigenvalue weighted by Crippen LogP contribution is 2.20. The molecule has 1 saturated heterocycles. The number of hydrogen-bond acceptors (Lipinski definition) is 4. The Morgan fingerprint density at radius 2 is 2.30 bits per heavy atom. The first-order valence-corrected chi connectivity index (χ1v) is 7.84. The van der Waals surface area contributed by atoms with E-state index in [1.165, 1.54) is 17.5 Å². The summed E-state index contributed by atoms with van der Waals surface area (Å²) in [5, 5.41) is 8.82. The molecule has 7 nitrogen and oxygen atoms in total. The third kappa shape index (κ3) is 2.87. The van der Waals surface area contributed by atoms with Crippen molar-refractivity contribution in [2.24, 2.45) is 0 Å². The minimum atomic E-state index is -3.65. The first-order chi connectivity index (χ1) is 9.32. The minimum Gasteiger partial charge on any atom is -0.477 e. The van der Waals surface area contributed by atoms with E-state index >= 15 is 0 Å². The van der Waals surface area contributed by atoms with E-state index in [2.05, 4.69) is 9.88 Å². The van der Waals surface area contributed by atoms with Gasteiger partial charge >= 0.3 is 5.97 Å². The number of likely N-dealkylation sites (tertiary alicyclic amines) is 1. The third-order valence-electron chi connectivity index (χ3n) is 3.73. The molecule has 1 aromatic rings. The molecule has 112 valence electrons. The van der Waals surface area contributed by atoms with Crippen LogP contribution in [-0.2, 0) is 10.0 Å². The number of nitrogens with zero attached hydrogens (tertiary/aromatic N) is 2. The second-order valence-electron chi connectivity index (χ2n) is 5.12. The molecule has 0 saturated carbocycles. The summed E-state index contributed by atoms with van der Waals surface area (Å²) in [6.07, 6.45) is 3.26. The summed E-state index contributed by atoms with van der Waals surface area (Å²) < 4.78 is 26.0. The molecular weight excluding hydrogens is 282 g/mol. The van der Waals surface area contributed by atoms with Crippen LogP contribution in [0, 0.1) is 0 Å². The fourth-order valence-electron chi connectivity index (χ4n) is 2.43. The normalized spacial score (nSPS) is 20.6. The van der Waals surface area contributed by atoms with Crippen LogP contribution in [0.15, 0.2) is 17.2 Å². The van der Waals surface area contributed by atoms with Crippen molar-refractivity contribution in [3.63, 3.8) is 0 Å². The van der Waals surface area contributed by atoms with Gasteiger partial charge in [0.25, 0.3) is 0 Å². The van der Waals surface area contributed by atoms with Crippen LogP contribution in [-0.4, -0.2) is 66.9 Å². The van der Waals surface area contributed by atoms with Gasteiger partial charge in [-0.1, -0.05) is 0 Å². The average Bonchev–Trinajstić information content (AvgIpc) is 2.99. The van der Waals surface area contributed by atoms with Gasteiger partial charge in [-0.3, -0.25) is 0 Å². The van der Waals surface area contributed by atoms with Gasteiger partial charge in [0.2, 0.25) is 10.0 Å². The molecule has 0 spiro atoms. The van der Waals surface area contributed by atoms with Crippen LogP contribution in [0.2, 0.25) is 0 Å². The van der Waals surface area contributed by atoms with Gasteiger partial charge in [0.15, 0.2) is 0 Å². The van der Waals surface area contributed by atoms with Gasteiger partial charge in [0.05, 0.1) is 0 Å². The molecule has 8 heteroatoms. The lowest BCUT2D eigenvalue weighted by molar-refractivity contribution is 0.0691. The Hall–Kier alpha value is -1.38. The number of carbonyl (C=O) groups is 1. The Bertz CT molecular complexity index is 596. The van der Waals surface area contributed by atoms with E-state index in [4.69, 9.17) is 5.11 Å². The zero-order valence-electron chi connectivity index (χ0n) is 11.5. The van der Waals surface area contributed by atoms with Crippen molar-refractivity contribution in [1.82, 2.24) is 14.2 Å². The molecule has 1 aromatic heterocycles. The lowest BCUT2D eigenvalue weighted by Crippen LogP contribution is -2.39. The molecule has 1 unspecified atom stereocenters. The molecule has 1 atom stereocenters. The third-order valence-corrected chi connectivity index (χ3v) is 5.54. The van der Waals surface area contributed by atoms with Gasteiger partial charge in [-0.15, -0.1) is 0 Å². The number of likely N-dealkylation sites (N-methyl/N-ethyl adjacent to an activating group) is 2. The Balaban J connectivity index is 2.14. The Labute approximate surface area is 118 Å². The first-order valence-electron chi connectivity index (χ1n) is 6.40. The van der Waals surface area contributed by atoms with Gasteiger partial charge in [0.1, 0.15) is 10.6 Å². The summed E-state index contributed by atoms with van der Waals surface area (Å²) in [6.45, 7) is 1.39. The highest BCUT2D eigenvalue weighted by molar-refractivity contribution is 7.89. The zero-order valence-corrected chi connectivity index (χ0v) is 12.4. The number of aromatic amines is 1. The van der Waals surface area contributed by atoms with Crippen molar-refractivity contribution in [3.8, 4) is 0 Å². The van der Waals surface area contributed by atoms with E-state index < -0.39 is 16.0 Å². The molecular formula is C12H19N3O4S. The van der Waals surface area contributed by atoms with Crippen LogP contribution in [0.1, 0.15) is 23.3 Å². The minimum absolute atomic E-state index is 0.0157. The largest absolute Gasteiger partial charge is 0.477 e. The van der Waals surface area contributed by atoms with Crippen molar-refractivity contribution in [3.05, 3.63) is 18.0 Å².